The van der Waals surface area contributed by atoms with E-state index < -0.39 is 0 Å². The average molecular weight is 280 g/mol. The Hall–Kier alpha value is -1.96. The standard InChI is InChI=1S/C12H20N6O2/c1-2-14-11(19)7-15-12(20)10-8-18(17-16-10)9-3-5-13-6-4-9/h8-9,13H,2-7H2,1H3,(H,14,19)(H,15,20). The predicted octanol–water partition coefficient (Wildman–Crippen LogP) is -0.931. The fraction of sp³-hybridized carbons (Fsp3) is 0.667. The second-order valence-corrected chi connectivity index (χ2v) is 4.70. The molecule has 0 bridgehead atoms. The molecule has 0 saturated carbocycles. The fourth-order valence-electron chi connectivity index (χ4n) is 2.14. The number of likely N-dealkylation sites (N-methyl/N-ethyl adjacent to an activating group) is 1. The van der Waals surface area contributed by atoms with Crippen molar-refractivity contribution in [3.05, 3.63) is 11.9 Å². The number of amides is 2. The maximum Gasteiger partial charge on any atom is 0.273 e. The zero-order chi connectivity index (χ0) is 14.4. The van der Waals surface area contributed by atoms with Gasteiger partial charge in [0.15, 0.2) is 5.69 Å². The highest BCUT2D eigenvalue weighted by Gasteiger charge is 2.18. The van der Waals surface area contributed by atoms with Gasteiger partial charge in [0, 0.05) is 6.54 Å². The molecule has 1 aromatic heterocycles. The van der Waals surface area contributed by atoms with Gasteiger partial charge in [0.1, 0.15) is 0 Å². The van der Waals surface area contributed by atoms with Crippen LogP contribution >= 0.6 is 0 Å². The molecule has 2 amide bonds. The van der Waals surface area contributed by atoms with E-state index in [2.05, 4.69) is 26.3 Å². The van der Waals surface area contributed by atoms with Crippen LogP contribution in [0.5, 0.6) is 0 Å². The van der Waals surface area contributed by atoms with Crippen LogP contribution in [0.25, 0.3) is 0 Å². The van der Waals surface area contributed by atoms with Crippen LogP contribution in [0.3, 0.4) is 0 Å². The number of hydrogen-bond acceptors (Lipinski definition) is 5. The lowest BCUT2D eigenvalue weighted by Gasteiger charge is -2.22. The van der Waals surface area contributed by atoms with Gasteiger partial charge >= 0.3 is 0 Å². The van der Waals surface area contributed by atoms with E-state index in [-0.39, 0.29) is 30.1 Å². The Morgan fingerprint density at radius 3 is 2.85 bits per heavy atom. The van der Waals surface area contributed by atoms with Crippen LogP contribution in [-0.2, 0) is 4.79 Å². The molecule has 20 heavy (non-hydrogen) atoms. The molecule has 0 atom stereocenters. The summed E-state index contributed by atoms with van der Waals surface area (Å²) in [5.41, 5.74) is 0.243. The smallest absolute Gasteiger partial charge is 0.273 e. The van der Waals surface area contributed by atoms with Crippen molar-refractivity contribution in [3.8, 4) is 0 Å². The highest BCUT2D eigenvalue weighted by atomic mass is 16.2. The summed E-state index contributed by atoms with van der Waals surface area (Å²) >= 11 is 0. The average Bonchev–Trinajstić information content (AvgIpc) is 2.96. The molecule has 0 spiro atoms. The van der Waals surface area contributed by atoms with Crippen LogP contribution in [0.2, 0.25) is 0 Å². The van der Waals surface area contributed by atoms with Gasteiger partial charge in [-0.3, -0.25) is 9.59 Å². The van der Waals surface area contributed by atoms with E-state index >= 15 is 0 Å². The molecule has 1 saturated heterocycles. The quantitative estimate of drug-likeness (QED) is 0.647. The second kappa shape index (κ2) is 6.99. The summed E-state index contributed by atoms with van der Waals surface area (Å²) in [6.07, 6.45) is 3.59. The summed E-state index contributed by atoms with van der Waals surface area (Å²) < 4.78 is 1.74. The van der Waals surface area contributed by atoms with E-state index in [4.69, 9.17) is 0 Å². The van der Waals surface area contributed by atoms with Gasteiger partial charge in [0.2, 0.25) is 5.91 Å². The number of hydrogen-bond donors (Lipinski definition) is 3. The van der Waals surface area contributed by atoms with Crippen molar-refractivity contribution in [2.45, 2.75) is 25.8 Å². The minimum Gasteiger partial charge on any atom is -0.355 e. The van der Waals surface area contributed by atoms with Crippen LogP contribution in [0.15, 0.2) is 6.20 Å². The van der Waals surface area contributed by atoms with Crippen molar-refractivity contribution in [2.24, 2.45) is 0 Å². The molecule has 1 fully saturated rings. The number of carbonyl (C=O) groups is 2. The molecule has 1 aliphatic heterocycles. The first-order chi connectivity index (χ1) is 9.70. The molecule has 110 valence electrons. The Bertz CT molecular complexity index is 466. The molecular formula is C12H20N6O2. The predicted molar refractivity (Wildman–Crippen MR) is 72.2 cm³/mol. The van der Waals surface area contributed by atoms with Gasteiger partial charge in [-0.2, -0.15) is 0 Å². The van der Waals surface area contributed by atoms with Crippen LogP contribution < -0.4 is 16.0 Å². The van der Waals surface area contributed by atoms with E-state index in [1.807, 2.05) is 6.92 Å². The largest absolute Gasteiger partial charge is 0.355 e. The molecular weight excluding hydrogens is 260 g/mol. The number of carbonyl (C=O) groups excluding carboxylic acids is 2. The van der Waals surface area contributed by atoms with Crippen LogP contribution in [0.1, 0.15) is 36.3 Å². The Morgan fingerprint density at radius 2 is 2.15 bits per heavy atom. The number of aromatic nitrogens is 3. The summed E-state index contributed by atoms with van der Waals surface area (Å²) in [5, 5.41) is 16.3. The van der Waals surface area contributed by atoms with Gasteiger partial charge < -0.3 is 16.0 Å². The molecule has 0 aromatic carbocycles. The molecule has 2 heterocycles. The molecule has 3 N–H and O–H groups in total. The molecule has 1 aromatic rings. The summed E-state index contributed by atoms with van der Waals surface area (Å²) in [5.74, 6) is -0.594. The minimum absolute atomic E-state index is 0.0487. The lowest BCUT2D eigenvalue weighted by atomic mass is 10.1. The van der Waals surface area contributed by atoms with Gasteiger partial charge in [-0.05, 0) is 32.9 Å². The molecule has 0 aliphatic carbocycles. The molecule has 2 rings (SSSR count). The summed E-state index contributed by atoms with van der Waals surface area (Å²) in [7, 11) is 0. The second-order valence-electron chi connectivity index (χ2n) is 4.70. The maximum absolute atomic E-state index is 11.8. The topological polar surface area (TPSA) is 101 Å². The molecule has 0 radical (unpaired) electrons. The fourth-order valence-corrected chi connectivity index (χ4v) is 2.14. The van der Waals surface area contributed by atoms with Gasteiger partial charge in [0.25, 0.3) is 5.91 Å². The Morgan fingerprint density at radius 1 is 1.40 bits per heavy atom. The molecule has 8 nitrogen and oxygen atoms in total. The van der Waals surface area contributed by atoms with Crippen LogP contribution in [-0.4, -0.2) is 53.0 Å². The first-order valence-corrected chi connectivity index (χ1v) is 6.88. The normalized spacial score (nSPS) is 15.8. The third kappa shape index (κ3) is 3.77. The first kappa shape index (κ1) is 14.4. The van der Waals surface area contributed by atoms with Gasteiger partial charge in [-0.25, -0.2) is 4.68 Å². The third-order valence-corrected chi connectivity index (χ3v) is 3.21. The lowest BCUT2D eigenvalue weighted by molar-refractivity contribution is -0.120. The van der Waals surface area contributed by atoms with Gasteiger partial charge in [0.05, 0.1) is 18.8 Å². The zero-order valence-corrected chi connectivity index (χ0v) is 11.6. The Balaban J connectivity index is 1.87. The van der Waals surface area contributed by atoms with Gasteiger partial charge in [-0.15, -0.1) is 5.10 Å². The van der Waals surface area contributed by atoms with Crippen molar-refractivity contribution >= 4 is 11.8 Å². The van der Waals surface area contributed by atoms with Gasteiger partial charge in [-0.1, -0.05) is 5.21 Å². The van der Waals surface area contributed by atoms with E-state index in [0.29, 0.717) is 6.54 Å². The highest BCUT2D eigenvalue weighted by Crippen LogP contribution is 2.16. The molecule has 0 unspecified atom stereocenters. The molecule has 8 heteroatoms. The van der Waals surface area contributed by atoms with Crippen molar-refractivity contribution in [2.75, 3.05) is 26.2 Å². The van der Waals surface area contributed by atoms with Crippen molar-refractivity contribution < 1.29 is 9.59 Å². The van der Waals surface area contributed by atoms with Crippen molar-refractivity contribution in [3.63, 3.8) is 0 Å². The Kier molecular flexibility index (Phi) is 5.05. The number of rotatable bonds is 5. The highest BCUT2D eigenvalue weighted by molar-refractivity contribution is 5.94. The van der Waals surface area contributed by atoms with E-state index in [0.717, 1.165) is 25.9 Å². The third-order valence-electron chi connectivity index (χ3n) is 3.21. The van der Waals surface area contributed by atoms with Crippen LogP contribution in [0, 0.1) is 0 Å². The zero-order valence-electron chi connectivity index (χ0n) is 11.6. The monoisotopic (exact) mass is 280 g/mol. The van der Waals surface area contributed by atoms with E-state index in [1.54, 1.807) is 10.9 Å². The molecule has 1 aliphatic rings. The lowest BCUT2D eigenvalue weighted by Crippen LogP contribution is -2.36. The number of nitrogens with one attached hydrogen (secondary N) is 3. The SMILES string of the molecule is CCNC(=O)CNC(=O)c1cn(C2CCNCC2)nn1. The maximum atomic E-state index is 11.8. The van der Waals surface area contributed by atoms with Crippen molar-refractivity contribution in [1.29, 1.82) is 0 Å². The van der Waals surface area contributed by atoms with Crippen LogP contribution in [0.4, 0.5) is 0 Å². The van der Waals surface area contributed by atoms with E-state index in [1.165, 1.54) is 0 Å². The summed E-state index contributed by atoms with van der Waals surface area (Å²) in [4.78, 5) is 23.1. The Labute approximate surface area is 117 Å². The minimum atomic E-state index is -0.378. The number of nitrogens with zero attached hydrogens (tertiary/aromatic N) is 3. The first-order valence-electron chi connectivity index (χ1n) is 6.88. The van der Waals surface area contributed by atoms with Crippen molar-refractivity contribution in [1.82, 2.24) is 30.9 Å². The number of piperidine rings is 1. The van der Waals surface area contributed by atoms with E-state index in [9.17, 15) is 9.59 Å². The summed E-state index contributed by atoms with van der Waals surface area (Å²) in [6, 6.07) is 0.286. The summed E-state index contributed by atoms with van der Waals surface area (Å²) in [6.45, 7) is 4.21.